The molecule has 0 fully saturated rings. The summed E-state index contributed by atoms with van der Waals surface area (Å²) in [6.07, 6.45) is 3.56. The van der Waals surface area contributed by atoms with Crippen LogP contribution in [0.4, 0.5) is 0 Å². The smallest absolute Gasteiger partial charge is 0.195 e. The zero-order valence-corrected chi connectivity index (χ0v) is 24.1. The summed E-state index contributed by atoms with van der Waals surface area (Å²) in [6.45, 7) is 4.37. The number of aromatic nitrogens is 2. The Bertz CT molecular complexity index is 2340. The van der Waals surface area contributed by atoms with Crippen molar-refractivity contribution in [3.05, 3.63) is 143 Å². The lowest BCUT2D eigenvalue weighted by Crippen LogP contribution is -2.02. The summed E-state index contributed by atoms with van der Waals surface area (Å²) in [5, 5.41) is 4.01. The average Bonchev–Trinajstić information content (AvgIpc) is 3.38. The van der Waals surface area contributed by atoms with Crippen LogP contribution in [0.15, 0.2) is 126 Å². The fraction of sp³-hybridized carbons (Fsp3) is 0.0526. The van der Waals surface area contributed by atoms with E-state index in [-0.39, 0.29) is 5.43 Å². The van der Waals surface area contributed by atoms with Gasteiger partial charge in [0.05, 0.1) is 16.7 Å². The van der Waals surface area contributed by atoms with Crippen molar-refractivity contribution in [2.45, 2.75) is 13.8 Å². The van der Waals surface area contributed by atoms with Crippen molar-refractivity contribution in [2.75, 3.05) is 0 Å². The molecule has 5 aromatic carbocycles. The molecule has 3 nitrogen and oxygen atoms in total. The molecular formula is C38H26N2OS. The van der Waals surface area contributed by atoms with Gasteiger partial charge < -0.3 is 4.57 Å². The van der Waals surface area contributed by atoms with Gasteiger partial charge in [0.25, 0.3) is 0 Å². The van der Waals surface area contributed by atoms with Crippen molar-refractivity contribution in [3.8, 4) is 27.9 Å². The molecule has 3 aromatic heterocycles. The van der Waals surface area contributed by atoms with Crippen LogP contribution in [0.2, 0.25) is 0 Å². The van der Waals surface area contributed by atoms with E-state index in [1.165, 1.54) is 32.9 Å². The minimum absolute atomic E-state index is 0.0672. The van der Waals surface area contributed by atoms with Gasteiger partial charge in [-0.25, -0.2) is 0 Å². The van der Waals surface area contributed by atoms with Gasteiger partial charge in [-0.1, -0.05) is 66.7 Å². The number of nitrogens with zero attached hydrogens (tertiary/aromatic N) is 2. The van der Waals surface area contributed by atoms with Crippen LogP contribution in [0.25, 0.3) is 69.9 Å². The average molecular weight is 559 g/mol. The molecule has 3 heterocycles. The monoisotopic (exact) mass is 558 g/mol. The molecule has 0 bridgehead atoms. The SMILES string of the molecule is Cc1cccc2c3cccc(C)c3n(-c3ccccc3-c3ccc4sc5ccc(-c6ccncc6)cc5c(=O)c4c3)c12. The molecule has 0 aliphatic rings. The summed E-state index contributed by atoms with van der Waals surface area (Å²) in [5.74, 6) is 0. The minimum Gasteiger partial charge on any atom is -0.308 e. The van der Waals surface area contributed by atoms with Gasteiger partial charge in [0.1, 0.15) is 0 Å². The molecule has 200 valence electrons. The van der Waals surface area contributed by atoms with E-state index >= 15 is 0 Å². The van der Waals surface area contributed by atoms with Gasteiger partial charge in [-0.2, -0.15) is 0 Å². The topological polar surface area (TPSA) is 34.9 Å². The van der Waals surface area contributed by atoms with Crippen LogP contribution in [0, 0.1) is 13.8 Å². The fourth-order valence-corrected chi connectivity index (χ4v) is 7.39. The Morgan fingerprint density at radius 1 is 0.571 bits per heavy atom. The normalized spacial score (nSPS) is 11.7. The maximum absolute atomic E-state index is 14.0. The lowest BCUT2D eigenvalue weighted by Gasteiger charge is -2.16. The molecule has 0 saturated carbocycles. The largest absolute Gasteiger partial charge is 0.308 e. The van der Waals surface area contributed by atoms with Crippen molar-refractivity contribution in [1.82, 2.24) is 9.55 Å². The van der Waals surface area contributed by atoms with Crippen molar-refractivity contribution >= 4 is 53.3 Å². The number of aryl methyl sites for hydroxylation is 2. The first kappa shape index (κ1) is 24.7. The maximum atomic E-state index is 14.0. The van der Waals surface area contributed by atoms with Crippen molar-refractivity contribution in [1.29, 1.82) is 0 Å². The van der Waals surface area contributed by atoms with Gasteiger partial charge in [0.2, 0.25) is 0 Å². The number of rotatable bonds is 3. The van der Waals surface area contributed by atoms with Crippen LogP contribution in [-0.2, 0) is 0 Å². The molecule has 0 aliphatic carbocycles. The van der Waals surface area contributed by atoms with Crippen LogP contribution in [0.1, 0.15) is 11.1 Å². The molecule has 8 rings (SSSR count). The molecule has 0 amide bonds. The highest BCUT2D eigenvalue weighted by Gasteiger charge is 2.18. The molecule has 0 atom stereocenters. The number of pyridine rings is 1. The summed E-state index contributed by atoms with van der Waals surface area (Å²) in [5.41, 5.74) is 10.3. The van der Waals surface area contributed by atoms with Crippen LogP contribution in [0.3, 0.4) is 0 Å². The van der Waals surface area contributed by atoms with Gasteiger partial charge in [-0.15, -0.1) is 11.3 Å². The molecule has 42 heavy (non-hydrogen) atoms. The molecule has 0 saturated heterocycles. The Hall–Kier alpha value is -5.06. The van der Waals surface area contributed by atoms with E-state index in [4.69, 9.17) is 0 Å². The predicted molar refractivity (Wildman–Crippen MR) is 178 cm³/mol. The third kappa shape index (κ3) is 3.73. The van der Waals surface area contributed by atoms with Crippen molar-refractivity contribution < 1.29 is 0 Å². The molecule has 0 unspecified atom stereocenters. The van der Waals surface area contributed by atoms with Crippen LogP contribution < -0.4 is 5.43 Å². The van der Waals surface area contributed by atoms with E-state index in [9.17, 15) is 4.79 Å². The number of benzene rings is 5. The molecule has 8 aromatic rings. The summed E-state index contributed by atoms with van der Waals surface area (Å²) >= 11 is 1.67. The Balaban J connectivity index is 1.38. The predicted octanol–water partition coefficient (Wildman–Crippen LogP) is 9.86. The van der Waals surface area contributed by atoms with E-state index in [1.807, 2.05) is 18.2 Å². The second kappa shape index (κ2) is 9.51. The third-order valence-corrected chi connectivity index (χ3v) is 9.50. The van der Waals surface area contributed by atoms with E-state index in [1.54, 1.807) is 23.7 Å². The van der Waals surface area contributed by atoms with E-state index in [2.05, 4.69) is 114 Å². The lowest BCUT2D eigenvalue weighted by atomic mass is 10.0. The molecular weight excluding hydrogens is 532 g/mol. The van der Waals surface area contributed by atoms with Crippen LogP contribution in [0.5, 0.6) is 0 Å². The zero-order valence-electron chi connectivity index (χ0n) is 23.3. The van der Waals surface area contributed by atoms with E-state index in [0.717, 1.165) is 48.1 Å². The second-order valence-corrected chi connectivity index (χ2v) is 12.0. The zero-order chi connectivity index (χ0) is 28.4. The number of hydrogen-bond acceptors (Lipinski definition) is 3. The number of fused-ring (bicyclic) bond motifs is 5. The summed E-state index contributed by atoms with van der Waals surface area (Å²) in [4.78, 5) is 18.1. The third-order valence-electron chi connectivity index (χ3n) is 8.35. The molecule has 0 aliphatic heterocycles. The highest BCUT2D eigenvalue weighted by atomic mass is 32.1. The van der Waals surface area contributed by atoms with E-state index < -0.39 is 0 Å². The maximum Gasteiger partial charge on any atom is 0.195 e. The Morgan fingerprint density at radius 2 is 1.17 bits per heavy atom. The Labute approximate surface area is 247 Å². The second-order valence-electron chi connectivity index (χ2n) is 10.9. The number of hydrogen-bond donors (Lipinski definition) is 0. The molecule has 0 spiro atoms. The molecule has 0 radical (unpaired) electrons. The quantitative estimate of drug-likeness (QED) is 0.202. The van der Waals surface area contributed by atoms with Gasteiger partial charge in [0, 0.05) is 48.9 Å². The van der Waals surface area contributed by atoms with Crippen molar-refractivity contribution in [3.63, 3.8) is 0 Å². The van der Waals surface area contributed by atoms with Gasteiger partial charge in [-0.3, -0.25) is 9.78 Å². The molecule has 0 N–H and O–H groups in total. The Kier molecular flexibility index (Phi) is 5.59. The standard InChI is InChI=1S/C38H26N2OS/c1-23-7-5-10-29-30-11-6-8-24(2)37(30)40(36(23)29)33-12-4-3-9-28(33)27-14-16-35-32(22-27)38(41)31-21-26(13-15-34(31)42-35)25-17-19-39-20-18-25/h3-22H,1-2H3. The summed E-state index contributed by atoms with van der Waals surface area (Å²) in [6, 6.07) is 38.1. The summed E-state index contributed by atoms with van der Waals surface area (Å²) < 4.78 is 4.40. The van der Waals surface area contributed by atoms with Gasteiger partial charge >= 0.3 is 0 Å². The van der Waals surface area contributed by atoms with Crippen LogP contribution >= 0.6 is 11.3 Å². The first-order chi connectivity index (χ1) is 20.6. The van der Waals surface area contributed by atoms with E-state index in [0.29, 0.717) is 0 Å². The minimum atomic E-state index is 0.0672. The first-order valence-electron chi connectivity index (χ1n) is 14.1. The summed E-state index contributed by atoms with van der Waals surface area (Å²) in [7, 11) is 0. The van der Waals surface area contributed by atoms with Crippen molar-refractivity contribution in [2.24, 2.45) is 0 Å². The fourth-order valence-electron chi connectivity index (χ4n) is 6.36. The lowest BCUT2D eigenvalue weighted by molar-refractivity contribution is 1.16. The molecule has 4 heteroatoms. The number of para-hydroxylation sites is 3. The highest BCUT2D eigenvalue weighted by molar-refractivity contribution is 7.24. The van der Waals surface area contributed by atoms with Gasteiger partial charge in [-0.05, 0) is 84.1 Å². The van der Waals surface area contributed by atoms with Gasteiger partial charge in [0.15, 0.2) is 5.43 Å². The van der Waals surface area contributed by atoms with Crippen LogP contribution in [-0.4, -0.2) is 9.55 Å². The highest BCUT2D eigenvalue weighted by Crippen LogP contribution is 2.39. The first-order valence-corrected chi connectivity index (χ1v) is 14.9. The Morgan fingerprint density at radius 3 is 1.83 bits per heavy atom.